The van der Waals surface area contributed by atoms with E-state index in [1.54, 1.807) is 18.2 Å². The Morgan fingerprint density at radius 3 is 2.38 bits per heavy atom. The van der Waals surface area contributed by atoms with Crippen molar-refractivity contribution in [3.05, 3.63) is 97.9 Å². The number of carbonyl (C=O) groups excluding carboxylic acids is 2. The van der Waals surface area contributed by atoms with Gasteiger partial charge in [0.1, 0.15) is 17.4 Å². The van der Waals surface area contributed by atoms with Crippen molar-refractivity contribution in [2.24, 2.45) is 0 Å². The van der Waals surface area contributed by atoms with Crippen molar-refractivity contribution >= 4 is 55.4 Å². The maximum absolute atomic E-state index is 12.4. The maximum atomic E-state index is 12.4. The zero-order chi connectivity index (χ0) is 24.5. The van der Waals surface area contributed by atoms with Crippen molar-refractivity contribution in [2.45, 2.75) is 13.5 Å². The smallest absolute Gasteiger partial charge is 0.262 e. The Balaban J connectivity index is 1.65. The van der Waals surface area contributed by atoms with E-state index in [0.29, 0.717) is 32.5 Å². The van der Waals surface area contributed by atoms with Crippen molar-refractivity contribution in [1.82, 2.24) is 5.32 Å². The van der Waals surface area contributed by atoms with Crippen LogP contribution in [0.2, 0.25) is 0 Å². The van der Waals surface area contributed by atoms with Crippen LogP contribution in [0.25, 0.3) is 6.08 Å². The fourth-order valence-electron chi connectivity index (χ4n) is 3.05. The highest BCUT2D eigenvalue weighted by Gasteiger charge is 2.14. The van der Waals surface area contributed by atoms with E-state index in [0.717, 1.165) is 11.1 Å². The summed E-state index contributed by atoms with van der Waals surface area (Å²) in [4.78, 5) is 24.7. The molecule has 0 aliphatic carbocycles. The number of anilines is 1. The quantitative estimate of drug-likeness (QED) is 0.261. The molecule has 2 amide bonds. The van der Waals surface area contributed by atoms with E-state index in [4.69, 9.17) is 4.74 Å². The largest absolute Gasteiger partial charge is 0.481 e. The number of nitrogens with zero attached hydrogens (tertiary/aromatic N) is 1. The number of nitrogens with one attached hydrogen (secondary N) is 2. The summed E-state index contributed by atoms with van der Waals surface area (Å²) in [6.07, 6.45) is 1.49. The van der Waals surface area contributed by atoms with Crippen LogP contribution in [-0.2, 0) is 16.1 Å². The molecule has 0 aromatic heterocycles. The summed E-state index contributed by atoms with van der Waals surface area (Å²) < 4.78 is 6.82. The Kier molecular flexibility index (Phi) is 9.02. The van der Waals surface area contributed by atoms with Crippen LogP contribution in [0.3, 0.4) is 0 Å². The molecule has 0 aliphatic rings. The van der Waals surface area contributed by atoms with Crippen molar-refractivity contribution in [1.29, 1.82) is 5.26 Å². The molecular weight excluding hydrogens is 562 g/mol. The van der Waals surface area contributed by atoms with Gasteiger partial charge in [0.05, 0.1) is 8.95 Å². The van der Waals surface area contributed by atoms with Crippen LogP contribution in [0, 0.1) is 18.3 Å². The molecule has 0 saturated carbocycles. The molecule has 34 heavy (non-hydrogen) atoms. The first-order valence-corrected chi connectivity index (χ1v) is 11.9. The number of rotatable bonds is 8. The van der Waals surface area contributed by atoms with Crippen LogP contribution >= 0.6 is 31.9 Å². The molecule has 6 nitrogen and oxygen atoms in total. The third-order valence-electron chi connectivity index (χ3n) is 4.64. The summed E-state index contributed by atoms with van der Waals surface area (Å²) in [5.41, 5.74) is 3.26. The molecule has 3 rings (SSSR count). The number of hydrogen-bond donors (Lipinski definition) is 2. The minimum absolute atomic E-state index is 0.0269. The first-order valence-electron chi connectivity index (χ1n) is 10.3. The van der Waals surface area contributed by atoms with Gasteiger partial charge in [0.15, 0.2) is 6.61 Å². The molecule has 2 N–H and O–H groups in total. The van der Waals surface area contributed by atoms with Gasteiger partial charge >= 0.3 is 0 Å². The van der Waals surface area contributed by atoms with Crippen molar-refractivity contribution < 1.29 is 14.3 Å². The van der Waals surface area contributed by atoms with Gasteiger partial charge in [-0.05, 0) is 85.8 Å². The Morgan fingerprint density at radius 1 is 1.03 bits per heavy atom. The Bertz CT molecular complexity index is 1240. The molecule has 172 valence electrons. The van der Waals surface area contributed by atoms with Crippen molar-refractivity contribution in [3.8, 4) is 11.8 Å². The van der Waals surface area contributed by atoms with Crippen molar-refractivity contribution in [2.75, 3.05) is 11.9 Å². The average Bonchev–Trinajstić information content (AvgIpc) is 2.81. The Hall–Kier alpha value is -3.41. The van der Waals surface area contributed by atoms with Gasteiger partial charge in [-0.15, -0.1) is 0 Å². The van der Waals surface area contributed by atoms with Gasteiger partial charge in [0.25, 0.3) is 11.8 Å². The standard InChI is InChI=1S/C26H21Br2N3O3/c1-17-6-5-9-21(10-17)31-24(32)16-34-25-22(27)12-19(13-23(25)28)11-20(14-29)26(33)30-15-18-7-3-2-4-8-18/h2-13H,15-16H2,1H3,(H,30,33)(H,31,32)/b20-11+. The molecule has 0 fully saturated rings. The van der Waals surface area contributed by atoms with E-state index in [9.17, 15) is 14.9 Å². The lowest BCUT2D eigenvalue weighted by molar-refractivity contribution is -0.118. The summed E-state index contributed by atoms with van der Waals surface area (Å²) in [6, 6.07) is 22.3. The highest BCUT2D eigenvalue weighted by atomic mass is 79.9. The van der Waals surface area contributed by atoms with Gasteiger partial charge in [-0.1, -0.05) is 42.5 Å². The number of benzene rings is 3. The van der Waals surface area contributed by atoms with E-state index in [2.05, 4.69) is 42.5 Å². The molecule has 0 radical (unpaired) electrons. The lowest BCUT2D eigenvalue weighted by Crippen LogP contribution is -2.23. The van der Waals surface area contributed by atoms with Gasteiger partial charge in [0.2, 0.25) is 0 Å². The average molecular weight is 583 g/mol. The second-order valence-electron chi connectivity index (χ2n) is 7.36. The molecule has 0 atom stereocenters. The highest BCUT2D eigenvalue weighted by molar-refractivity contribution is 9.11. The zero-order valence-electron chi connectivity index (χ0n) is 18.3. The van der Waals surface area contributed by atoms with Gasteiger partial charge < -0.3 is 15.4 Å². The predicted octanol–water partition coefficient (Wildman–Crippen LogP) is 5.76. The lowest BCUT2D eigenvalue weighted by Gasteiger charge is -2.12. The maximum Gasteiger partial charge on any atom is 0.262 e. The normalized spacial score (nSPS) is 10.8. The molecule has 3 aromatic rings. The van der Waals surface area contributed by atoms with E-state index < -0.39 is 5.91 Å². The molecular formula is C26H21Br2N3O3. The molecule has 0 unspecified atom stereocenters. The fourth-order valence-corrected chi connectivity index (χ4v) is 4.50. The van der Waals surface area contributed by atoms with Gasteiger partial charge in [0, 0.05) is 12.2 Å². The van der Waals surface area contributed by atoms with Crippen LogP contribution < -0.4 is 15.4 Å². The molecule has 0 spiro atoms. The summed E-state index contributed by atoms with van der Waals surface area (Å²) in [5.74, 6) is -0.328. The van der Waals surface area contributed by atoms with Crippen molar-refractivity contribution in [3.63, 3.8) is 0 Å². The third-order valence-corrected chi connectivity index (χ3v) is 5.82. The topological polar surface area (TPSA) is 91.2 Å². The van der Waals surface area contributed by atoms with Gasteiger partial charge in [-0.25, -0.2) is 0 Å². The number of halogens is 2. The van der Waals surface area contributed by atoms with E-state index in [-0.39, 0.29) is 18.1 Å². The zero-order valence-corrected chi connectivity index (χ0v) is 21.4. The minimum Gasteiger partial charge on any atom is -0.481 e. The highest BCUT2D eigenvalue weighted by Crippen LogP contribution is 2.35. The fraction of sp³-hybridized carbons (Fsp3) is 0.115. The first kappa shape index (κ1) is 25.2. The lowest BCUT2D eigenvalue weighted by atomic mass is 10.1. The van der Waals surface area contributed by atoms with Crippen LogP contribution in [0.5, 0.6) is 5.75 Å². The van der Waals surface area contributed by atoms with E-state index in [1.807, 2.05) is 61.5 Å². The van der Waals surface area contributed by atoms with E-state index in [1.165, 1.54) is 6.08 Å². The number of nitriles is 1. The molecule has 8 heteroatoms. The van der Waals surface area contributed by atoms with Crippen LogP contribution in [0.15, 0.2) is 81.2 Å². The second-order valence-corrected chi connectivity index (χ2v) is 9.07. The van der Waals surface area contributed by atoms with Crippen LogP contribution in [0.1, 0.15) is 16.7 Å². The van der Waals surface area contributed by atoms with Gasteiger partial charge in [-0.3, -0.25) is 9.59 Å². The monoisotopic (exact) mass is 581 g/mol. The van der Waals surface area contributed by atoms with E-state index >= 15 is 0 Å². The number of hydrogen-bond acceptors (Lipinski definition) is 4. The Labute approximate surface area is 214 Å². The minimum atomic E-state index is -0.466. The summed E-state index contributed by atoms with van der Waals surface area (Å²) in [7, 11) is 0. The summed E-state index contributed by atoms with van der Waals surface area (Å²) in [5, 5.41) is 15.0. The summed E-state index contributed by atoms with van der Waals surface area (Å²) in [6.45, 7) is 2.08. The molecule has 0 heterocycles. The molecule has 0 bridgehead atoms. The SMILES string of the molecule is Cc1cccc(NC(=O)COc2c(Br)cc(/C=C(\C#N)C(=O)NCc3ccccc3)cc2Br)c1. The van der Waals surface area contributed by atoms with Crippen LogP contribution in [-0.4, -0.2) is 18.4 Å². The molecule has 3 aromatic carbocycles. The number of amides is 2. The summed E-state index contributed by atoms with van der Waals surface area (Å²) >= 11 is 6.87. The number of aryl methyl sites for hydroxylation is 1. The molecule has 0 aliphatic heterocycles. The molecule has 0 saturated heterocycles. The Morgan fingerprint density at radius 2 is 1.74 bits per heavy atom. The first-order chi connectivity index (χ1) is 16.4. The number of ether oxygens (including phenoxy) is 1. The van der Waals surface area contributed by atoms with Gasteiger partial charge in [-0.2, -0.15) is 5.26 Å². The third kappa shape index (κ3) is 7.30. The number of carbonyl (C=O) groups is 2. The van der Waals surface area contributed by atoms with Crippen LogP contribution in [0.4, 0.5) is 5.69 Å². The second kappa shape index (κ2) is 12.2. The predicted molar refractivity (Wildman–Crippen MR) is 139 cm³/mol.